The Bertz CT molecular complexity index is 289. The van der Waals surface area contributed by atoms with Gasteiger partial charge in [0.1, 0.15) is 5.75 Å². The lowest BCUT2D eigenvalue weighted by Crippen LogP contribution is -2.00. The number of carbonyl (C=O) groups excluding carboxylic acids is 1. The van der Waals surface area contributed by atoms with E-state index in [2.05, 4.69) is 4.74 Å². The van der Waals surface area contributed by atoms with Gasteiger partial charge in [0.15, 0.2) is 0 Å². The van der Waals surface area contributed by atoms with Crippen LogP contribution >= 0.6 is 22.6 Å². The van der Waals surface area contributed by atoms with Crippen LogP contribution < -0.4 is 0 Å². The molecule has 0 aliphatic carbocycles. The van der Waals surface area contributed by atoms with Crippen LogP contribution in [0.3, 0.4) is 0 Å². The predicted molar refractivity (Wildman–Crippen MR) is 52.2 cm³/mol. The highest BCUT2D eigenvalue weighted by atomic mass is 127. The van der Waals surface area contributed by atoms with Gasteiger partial charge in [0.2, 0.25) is 0 Å². The summed E-state index contributed by atoms with van der Waals surface area (Å²) in [6.07, 6.45) is 0. The number of phenolic OH excluding ortho intramolecular Hbond substituents is 1. The van der Waals surface area contributed by atoms with Crippen LogP contribution in [0.4, 0.5) is 0 Å². The summed E-state index contributed by atoms with van der Waals surface area (Å²) in [6.45, 7) is 0. The van der Waals surface area contributed by atoms with E-state index in [0.717, 1.165) is 3.57 Å². The lowest BCUT2D eigenvalue weighted by molar-refractivity contribution is 0.0600. The molecule has 4 heteroatoms. The SMILES string of the molecule is COC(=O)c1cc(O)cc(I)c1. The molecule has 0 aliphatic heterocycles. The molecule has 0 unspecified atom stereocenters. The maximum Gasteiger partial charge on any atom is 0.338 e. The first-order chi connectivity index (χ1) is 5.63. The fourth-order valence-corrected chi connectivity index (χ4v) is 1.46. The van der Waals surface area contributed by atoms with Crippen molar-refractivity contribution < 1.29 is 14.6 Å². The lowest BCUT2D eigenvalue weighted by atomic mass is 10.2. The first-order valence-corrected chi connectivity index (χ1v) is 4.29. The molecule has 1 aromatic rings. The second-order valence-electron chi connectivity index (χ2n) is 2.19. The molecule has 1 N–H and O–H groups in total. The Kier molecular flexibility index (Phi) is 2.91. The van der Waals surface area contributed by atoms with Gasteiger partial charge in [0.25, 0.3) is 0 Å². The molecular weight excluding hydrogens is 271 g/mol. The summed E-state index contributed by atoms with van der Waals surface area (Å²) in [5, 5.41) is 9.13. The van der Waals surface area contributed by atoms with Crippen molar-refractivity contribution in [2.75, 3.05) is 7.11 Å². The van der Waals surface area contributed by atoms with Crippen LogP contribution in [0.25, 0.3) is 0 Å². The first kappa shape index (κ1) is 9.31. The molecule has 3 nitrogen and oxygen atoms in total. The molecular formula is C8H7IO3. The normalized spacial score (nSPS) is 9.50. The smallest absolute Gasteiger partial charge is 0.338 e. The highest BCUT2D eigenvalue weighted by molar-refractivity contribution is 14.1. The number of methoxy groups -OCH3 is 1. The topological polar surface area (TPSA) is 46.5 Å². The summed E-state index contributed by atoms with van der Waals surface area (Å²) in [6, 6.07) is 4.58. The minimum absolute atomic E-state index is 0.0716. The standard InChI is InChI=1S/C8H7IO3/c1-12-8(11)5-2-6(9)4-7(10)3-5/h2-4,10H,1H3. The number of aromatic hydroxyl groups is 1. The zero-order chi connectivity index (χ0) is 9.14. The van der Waals surface area contributed by atoms with Gasteiger partial charge in [0, 0.05) is 3.57 Å². The predicted octanol–water partition coefficient (Wildman–Crippen LogP) is 1.78. The van der Waals surface area contributed by atoms with E-state index in [1.807, 2.05) is 22.6 Å². The fourth-order valence-electron chi connectivity index (χ4n) is 0.810. The molecule has 0 heterocycles. The van der Waals surface area contributed by atoms with Crippen LogP contribution in [0.5, 0.6) is 5.75 Å². The summed E-state index contributed by atoms with van der Waals surface area (Å²) >= 11 is 2.01. The molecule has 0 atom stereocenters. The van der Waals surface area contributed by atoms with Crippen molar-refractivity contribution in [1.82, 2.24) is 0 Å². The Morgan fingerprint density at radius 3 is 2.67 bits per heavy atom. The molecule has 0 aliphatic rings. The molecule has 0 amide bonds. The van der Waals surface area contributed by atoms with E-state index in [1.165, 1.54) is 13.2 Å². The molecule has 0 bridgehead atoms. The zero-order valence-corrected chi connectivity index (χ0v) is 8.53. The third-order valence-corrected chi connectivity index (χ3v) is 1.93. The molecule has 0 fully saturated rings. The van der Waals surface area contributed by atoms with Gasteiger partial charge in [-0.05, 0) is 40.8 Å². The molecule has 12 heavy (non-hydrogen) atoms. The van der Waals surface area contributed by atoms with Crippen molar-refractivity contribution in [3.63, 3.8) is 0 Å². The van der Waals surface area contributed by atoms with Gasteiger partial charge >= 0.3 is 5.97 Å². The van der Waals surface area contributed by atoms with Crippen molar-refractivity contribution in [2.45, 2.75) is 0 Å². The van der Waals surface area contributed by atoms with Crippen LogP contribution in [0.15, 0.2) is 18.2 Å². The quantitative estimate of drug-likeness (QED) is 0.629. The number of phenols is 1. The minimum atomic E-state index is -0.441. The highest BCUT2D eigenvalue weighted by Crippen LogP contribution is 2.17. The molecule has 0 saturated carbocycles. The highest BCUT2D eigenvalue weighted by Gasteiger charge is 2.06. The summed E-state index contributed by atoms with van der Waals surface area (Å²) in [5.41, 5.74) is 0.363. The fraction of sp³-hybridized carbons (Fsp3) is 0.125. The summed E-state index contributed by atoms with van der Waals surface area (Å²) in [7, 11) is 1.30. The number of halogens is 1. The van der Waals surface area contributed by atoms with E-state index in [-0.39, 0.29) is 5.75 Å². The van der Waals surface area contributed by atoms with Crippen molar-refractivity contribution in [3.8, 4) is 5.75 Å². The second kappa shape index (κ2) is 3.75. The molecule has 1 aromatic carbocycles. The Morgan fingerprint density at radius 2 is 2.17 bits per heavy atom. The monoisotopic (exact) mass is 278 g/mol. The van der Waals surface area contributed by atoms with Gasteiger partial charge in [-0.2, -0.15) is 0 Å². The van der Waals surface area contributed by atoms with Crippen LogP contribution in [0, 0.1) is 3.57 Å². The van der Waals surface area contributed by atoms with Crippen molar-refractivity contribution in [2.24, 2.45) is 0 Å². The Morgan fingerprint density at radius 1 is 1.50 bits per heavy atom. The third-order valence-electron chi connectivity index (χ3n) is 1.30. The van der Waals surface area contributed by atoms with Crippen molar-refractivity contribution in [1.29, 1.82) is 0 Å². The van der Waals surface area contributed by atoms with Crippen LogP contribution in [0.2, 0.25) is 0 Å². The Labute approximate surface area is 83.5 Å². The van der Waals surface area contributed by atoms with E-state index in [4.69, 9.17) is 5.11 Å². The zero-order valence-electron chi connectivity index (χ0n) is 6.37. The molecule has 64 valence electrons. The number of ether oxygens (including phenoxy) is 1. The number of rotatable bonds is 1. The summed E-state index contributed by atoms with van der Waals surface area (Å²) in [5.74, 6) is -0.369. The summed E-state index contributed by atoms with van der Waals surface area (Å²) < 4.78 is 5.29. The Hall–Kier alpha value is -0.780. The molecule has 1 rings (SSSR count). The van der Waals surface area contributed by atoms with E-state index >= 15 is 0 Å². The van der Waals surface area contributed by atoms with E-state index < -0.39 is 5.97 Å². The molecule has 0 radical (unpaired) electrons. The van der Waals surface area contributed by atoms with E-state index in [9.17, 15) is 4.79 Å². The third kappa shape index (κ3) is 2.10. The number of hydrogen-bond donors (Lipinski definition) is 1. The van der Waals surface area contributed by atoms with Gasteiger partial charge in [-0.25, -0.2) is 4.79 Å². The molecule has 0 aromatic heterocycles. The minimum Gasteiger partial charge on any atom is -0.508 e. The van der Waals surface area contributed by atoms with Crippen LogP contribution in [0.1, 0.15) is 10.4 Å². The van der Waals surface area contributed by atoms with Gasteiger partial charge in [-0.3, -0.25) is 0 Å². The molecule has 0 saturated heterocycles. The average molecular weight is 278 g/mol. The van der Waals surface area contributed by atoms with Crippen LogP contribution in [-0.4, -0.2) is 18.2 Å². The number of benzene rings is 1. The second-order valence-corrected chi connectivity index (χ2v) is 3.44. The van der Waals surface area contributed by atoms with Crippen molar-refractivity contribution >= 4 is 28.6 Å². The average Bonchev–Trinajstić information content (AvgIpc) is 2.01. The van der Waals surface area contributed by atoms with Gasteiger partial charge in [-0.15, -0.1) is 0 Å². The molecule has 0 spiro atoms. The maximum atomic E-state index is 11.0. The van der Waals surface area contributed by atoms with Crippen molar-refractivity contribution in [3.05, 3.63) is 27.3 Å². The maximum absolute atomic E-state index is 11.0. The largest absolute Gasteiger partial charge is 0.508 e. The summed E-state index contributed by atoms with van der Waals surface area (Å²) in [4.78, 5) is 11.0. The van der Waals surface area contributed by atoms with Crippen LogP contribution in [-0.2, 0) is 4.74 Å². The number of hydrogen-bond acceptors (Lipinski definition) is 3. The number of esters is 1. The first-order valence-electron chi connectivity index (χ1n) is 3.21. The van der Waals surface area contributed by atoms with Gasteiger partial charge < -0.3 is 9.84 Å². The van der Waals surface area contributed by atoms with Gasteiger partial charge in [-0.1, -0.05) is 0 Å². The van der Waals surface area contributed by atoms with E-state index in [1.54, 1.807) is 12.1 Å². The lowest BCUT2D eigenvalue weighted by Gasteiger charge is -2.00. The van der Waals surface area contributed by atoms with E-state index in [0.29, 0.717) is 5.56 Å². The number of carbonyl (C=O) groups is 1. The Balaban J connectivity index is 3.08. The van der Waals surface area contributed by atoms with Gasteiger partial charge in [0.05, 0.1) is 12.7 Å².